The molecule has 6 nitrogen and oxygen atoms in total. The van der Waals surface area contributed by atoms with E-state index >= 15 is 0 Å². The molecule has 0 fully saturated rings. The molecule has 122 valence electrons. The summed E-state index contributed by atoms with van der Waals surface area (Å²) in [4.78, 5) is 23.2. The number of nitrogens with zero attached hydrogens (tertiary/aromatic N) is 2. The summed E-state index contributed by atoms with van der Waals surface area (Å²) in [5.74, 6) is -1.78. The van der Waals surface area contributed by atoms with Gasteiger partial charge in [-0.3, -0.25) is 9.59 Å². The lowest BCUT2D eigenvalue weighted by Gasteiger charge is -1.99. The minimum absolute atomic E-state index is 0.819. The van der Waals surface area contributed by atoms with Gasteiger partial charge < -0.3 is 0 Å². The van der Waals surface area contributed by atoms with Gasteiger partial charge in [0.05, 0.1) is 12.4 Å². The topological polar surface area (TPSA) is 82.9 Å². The number of carbonyl (C=O) groups is 2. The van der Waals surface area contributed by atoms with E-state index in [-0.39, 0.29) is 0 Å². The number of rotatable bonds is 4. The quantitative estimate of drug-likeness (QED) is 0.268. The number of amides is 2. The highest BCUT2D eigenvalue weighted by Gasteiger charge is 2.10. The second kappa shape index (κ2) is 9.47. The Morgan fingerprint density at radius 3 is 1.58 bits per heavy atom. The van der Waals surface area contributed by atoms with Crippen LogP contribution in [0.25, 0.3) is 0 Å². The summed E-state index contributed by atoms with van der Waals surface area (Å²) < 4.78 is 2.09. The van der Waals surface area contributed by atoms with Gasteiger partial charge >= 0.3 is 11.8 Å². The van der Waals surface area contributed by atoms with Gasteiger partial charge in [0.25, 0.3) is 0 Å². The van der Waals surface area contributed by atoms with E-state index in [4.69, 9.17) is 0 Å². The first-order valence-corrected chi connectivity index (χ1v) is 8.88. The molecule has 0 spiro atoms. The Hall–Kier alpha value is -1.82. The lowest BCUT2D eigenvalue weighted by atomic mass is 10.2. The van der Waals surface area contributed by atoms with E-state index in [0.29, 0.717) is 0 Å². The van der Waals surface area contributed by atoms with E-state index in [1.54, 1.807) is 0 Å². The highest BCUT2D eigenvalue weighted by atomic mass is 127. The summed E-state index contributed by atoms with van der Waals surface area (Å²) in [6, 6.07) is 15.1. The third kappa shape index (κ3) is 6.35. The van der Waals surface area contributed by atoms with Crippen molar-refractivity contribution in [2.45, 2.75) is 0 Å². The summed E-state index contributed by atoms with van der Waals surface area (Å²) in [5, 5.41) is 7.48. The maximum atomic E-state index is 11.6. The van der Waals surface area contributed by atoms with Gasteiger partial charge in [-0.15, -0.1) is 0 Å². The summed E-state index contributed by atoms with van der Waals surface area (Å²) >= 11 is 4.35. The molecule has 0 aliphatic carbocycles. The smallest absolute Gasteiger partial charge is 0.262 e. The second-order valence-corrected chi connectivity index (χ2v) is 7.00. The highest BCUT2D eigenvalue weighted by Crippen LogP contribution is 2.06. The predicted octanol–water partition coefficient (Wildman–Crippen LogP) is 2.50. The van der Waals surface area contributed by atoms with Crippen molar-refractivity contribution in [1.29, 1.82) is 0 Å². The van der Waals surface area contributed by atoms with Crippen molar-refractivity contribution in [2.24, 2.45) is 10.2 Å². The van der Waals surface area contributed by atoms with Gasteiger partial charge in [0.1, 0.15) is 0 Å². The average Bonchev–Trinajstić information content (AvgIpc) is 2.55. The van der Waals surface area contributed by atoms with Crippen molar-refractivity contribution in [3.05, 3.63) is 66.8 Å². The average molecular weight is 546 g/mol. The Labute approximate surface area is 166 Å². The van der Waals surface area contributed by atoms with Gasteiger partial charge in [0.15, 0.2) is 0 Å². The monoisotopic (exact) mass is 546 g/mol. The maximum Gasteiger partial charge on any atom is 0.331 e. The minimum atomic E-state index is -0.892. The molecule has 0 aliphatic heterocycles. The maximum absolute atomic E-state index is 11.6. The summed E-state index contributed by atoms with van der Waals surface area (Å²) in [7, 11) is 0. The van der Waals surface area contributed by atoms with Gasteiger partial charge in [-0.05, 0) is 80.6 Å². The molecule has 0 saturated carbocycles. The molecule has 2 rings (SSSR count). The zero-order chi connectivity index (χ0) is 17.4. The zero-order valence-corrected chi connectivity index (χ0v) is 16.6. The van der Waals surface area contributed by atoms with Crippen LogP contribution in [0.5, 0.6) is 0 Å². The number of hydrogen-bond donors (Lipinski definition) is 2. The van der Waals surface area contributed by atoms with Crippen LogP contribution in [0.2, 0.25) is 0 Å². The van der Waals surface area contributed by atoms with Crippen molar-refractivity contribution < 1.29 is 9.59 Å². The van der Waals surface area contributed by atoms with Crippen LogP contribution >= 0.6 is 45.2 Å². The Morgan fingerprint density at radius 2 is 1.21 bits per heavy atom. The van der Waals surface area contributed by atoms with Crippen molar-refractivity contribution in [3.63, 3.8) is 0 Å². The molecule has 2 aromatic carbocycles. The molecule has 0 unspecified atom stereocenters. The van der Waals surface area contributed by atoms with Crippen LogP contribution in [0.3, 0.4) is 0 Å². The normalized spacial score (nSPS) is 10.9. The first-order valence-electron chi connectivity index (χ1n) is 6.72. The van der Waals surface area contributed by atoms with E-state index in [9.17, 15) is 9.59 Å². The van der Waals surface area contributed by atoms with Gasteiger partial charge in [-0.1, -0.05) is 24.3 Å². The molecule has 2 N–H and O–H groups in total. The van der Waals surface area contributed by atoms with Crippen LogP contribution in [0.15, 0.2) is 58.7 Å². The first-order chi connectivity index (χ1) is 11.5. The van der Waals surface area contributed by atoms with E-state index in [1.165, 1.54) is 12.4 Å². The summed E-state index contributed by atoms with van der Waals surface area (Å²) in [5.41, 5.74) is 5.94. The molecule has 0 atom stereocenters. The fourth-order valence-corrected chi connectivity index (χ4v) is 2.74. The number of hydrazone groups is 2. The Bertz CT molecular complexity index is 739. The van der Waals surface area contributed by atoms with Crippen LogP contribution in [0.1, 0.15) is 11.1 Å². The number of halogens is 2. The predicted molar refractivity (Wildman–Crippen MR) is 110 cm³/mol. The molecule has 0 saturated heterocycles. The van der Waals surface area contributed by atoms with E-state index < -0.39 is 11.8 Å². The van der Waals surface area contributed by atoms with Gasteiger partial charge in [0.2, 0.25) is 0 Å². The molecule has 24 heavy (non-hydrogen) atoms. The van der Waals surface area contributed by atoms with Crippen molar-refractivity contribution in [3.8, 4) is 0 Å². The fraction of sp³-hybridized carbons (Fsp3) is 0. The lowest BCUT2D eigenvalue weighted by Crippen LogP contribution is -2.35. The molecular formula is C16H12I2N4O2. The fourth-order valence-electron chi connectivity index (χ4n) is 1.61. The molecule has 0 aliphatic rings. The van der Waals surface area contributed by atoms with E-state index in [1.807, 2.05) is 48.5 Å². The molecular weight excluding hydrogens is 534 g/mol. The third-order valence-electron chi connectivity index (χ3n) is 2.66. The molecule has 2 aromatic rings. The van der Waals surface area contributed by atoms with Crippen LogP contribution in [-0.4, -0.2) is 24.2 Å². The largest absolute Gasteiger partial charge is 0.331 e. The summed E-state index contributed by atoms with van der Waals surface area (Å²) in [6.07, 6.45) is 2.92. The van der Waals surface area contributed by atoms with Crippen LogP contribution in [0.4, 0.5) is 0 Å². The van der Waals surface area contributed by atoms with E-state index in [2.05, 4.69) is 66.2 Å². The Kier molecular flexibility index (Phi) is 7.31. The first kappa shape index (κ1) is 18.5. The summed E-state index contributed by atoms with van der Waals surface area (Å²) in [6.45, 7) is 0. The van der Waals surface area contributed by atoms with Crippen LogP contribution < -0.4 is 10.9 Å². The molecule has 0 radical (unpaired) electrons. The Balaban J connectivity index is 1.83. The minimum Gasteiger partial charge on any atom is -0.262 e. The SMILES string of the molecule is O=C(NN=Cc1cccc(I)c1)C(=O)NN=Cc1cccc(I)c1. The molecule has 0 bridgehead atoms. The molecule has 2 amide bonds. The van der Waals surface area contributed by atoms with Gasteiger partial charge in [-0.2, -0.15) is 10.2 Å². The highest BCUT2D eigenvalue weighted by molar-refractivity contribution is 14.1. The number of hydrogen-bond acceptors (Lipinski definition) is 4. The molecule has 0 aromatic heterocycles. The molecule has 0 heterocycles. The second-order valence-electron chi connectivity index (χ2n) is 4.51. The number of nitrogens with one attached hydrogen (secondary N) is 2. The number of benzene rings is 2. The Morgan fingerprint density at radius 1 is 0.792 bits per heavy atom. The van der Waals surface area contributed by atoms with Gasteiger partial charge in [0, 0.05) is 7.14 Å². The van der Waals surface area contributed by atoms with Crippen LogP contribution in [0, 0.1) is 7.14 Å². The van der Waals surface area contributed by atoms with Gasteiger partial charge in [-0.25, -0.2) is 10.9 Å². The van der Waals surface area contributed by atoms with Crippen molar-refractivity contribution in [1.82, 2.24) is 10.9 Å². The van der Waals surface area contributed by atoms with Crippen molar-refractivity contribution >= 4 is 69.4 Å². The van der Waals surface area contributed by atoms with E-state index in [0.717, 1.165) is 18.3 Å². The zero-order valence-electron chi connectivity index (χ0n) is 12.2. The van der Waals surface area contributed by atoms with Crippen molar-refractivity contribution in [2.75, 3.05) is 0 Å². The lowest BCUT2D eigenvalue weighted by molar-refractivity contribution is -0.139. The van der Waals surface area contributed by atoms with Crippen LogP contribution in [-0.2, 0) is 9.59 Å². The number of carbonyl (C=O) groups excluding carboxylic acids is 2. The molecule has 8 heteroatoms. The third-order valence-corrected chi connectivity index (χ3v) is 4.00. The standard InChI is InChI=1S/C16H12I2N4O2/c17-13-5-1-3-11(7-13)9-19-21-15(23)16(24)22-20-10-12-4-2-6-14(18)8-12/h1-10H,(H,21,23)(H,22,24).